The van der Waals surface area contributed by atoms with E-state index < -0.39 is 25.1 Å². The molecule has 0 saturated carbocycles. The summed E-state index contributed by atoms with van der Waals surface area (Å²) in [5, 5.41) is 7.91. The maximum atomic E-state index is 9.60. The molecule has 0 aromatic heterocycles. The summed E-state index contributed by atoms with van der Waals surface area (Å²) in [6.45, 7) is 1.84. The van der Waals surface area contributed by atoms with E-state index in [2.05, 4.69) is 0 Å². The van der Waals surface area contributed by atoms with Gasteiger partial charge in [0, 0.05) is 6.42 Å². The Kier molecular flexibility index (Phi) is 13.8. The third-order valence-corrected chi connectivity index (χ3v) is 0.464. The fourth-order valence-corrected chi connectivity index (χ4v) is 0.214. The molecule has 0 radical (unpaired) electrons. The van der Waals surface area contributed by atoms with Crippen molar-refractivity contribution in [3.05, 3.63) is 0 Å². The Morgan fingerprint density at radius 1 is 1.56 bits per heavy atom. The third-order valence-electron chi connectivity index (χ3n) is 0.464. The molecule has 4 nitrogen and oxygen atoms in total. The Labute approximate surface area is 61.8 Å². The molecule has 0 fully saturated rings. The monoisotopic (exact) mass is 168 g/mol. The van der Waals surface area contributed by atoms with E-state index in [4.69, 9.17) is 11.8 Å². The van der Waals surface area contributed by atoms with E-state index in [9.17, 15) is 4.79 Å². The number of aliphatic carboxylic acids is 1. The van der Waals surface area contributed by atoms with Crippen LogP contribution >= 0.6 is 0 Å². The molecule has 0 spiro atoms. The first-order valence-electron chi connectivity index (χ1n) is 2.40. The van der Waals surface area contributed by atoms with Gasteiger partial charge in [0.25, 0.3) is 0 Å². The van der Waals surface area contributed by atoms with Gasteiger partial charge in [0.15, 0.2) is 0 Å². The standard InChI is InChI=1S/C4H8O2.2O.Ti/c1-2-3-4(5)6;;;/h2-3H2,1H3,(H,5,6);;;. The molecular formula is C4H8O4Ti. The molecule has 0 heterocycles. The van der Waals surface area contributed by atoms with E-state index in [-0.39, 0.29) is 0 Å². The SMILES string of the molecule is CCCC(=O)O.[O]=[Ti]=[O]. The Morgan fingerprint density at radius 2 is 1.89 bits per heavy atom. The van der Waals surface area contributed by atoms with Gasteiger partial charge in [-0.05, 0) is 6.42 Å². The van der Waals surface area contributed by atoms with Gasteiger partial charge < -0.3 is 5.11 Å². The van der Waals surface area contributed by atoms with E-state index in [1.807, 2.05) is 6.92 Å². The fourth-order valence-electron chi connectivity index (χ4n) is 0.214. The summed E-state index contributed by atoms with van der Waals surface area (Å²) in [7, 11) is 0. The van der Waals surface area contributed by atoms with E-state index in [1.165, 1.54) is 0 Å². The summed E-state index contributed by atoms with van der Waals surface area (Å²) in [6.07, 6.45) is 1.02. The summed E-state index contributed by atoms with van der Waals surface area (Å²) in [5.74, 6) is -0.711. The minimum absolute atomic E-state index is 0.292. The summed E-state index contributed by atoms with van der Waals surface area (Å²) in [6, 6.07) is 0. The first kappa shape index (κ1) is 11.6. The quantitative estimate of drug-likeness (QED) is 0.613. The van der Waals surface area contributed by atoms with Crippen LogP contribution in [0.2, 0.25) is 0 Å². The Morgan fingerprint density at radius 3 is 1.89 bits per heavy atom. The molecule has 1 N–H and O–H groups in total. The van der Waals surface area contributed by atoms with Crippen LogP contribution in [0.4, 0.5) is 0 Å². The summed E-state index contributed by atoms with van der Waals surface area (Å²) in [4.78, 5) is 9.60. The van der Waals surface area contributed by atoms with Crippen LogP contribution in [0.3, 0.4) is 0 Å². The molecule has 0 rings (SSSR count). The van der Waals surface area contributed by atoms with E-state index in [0.29, 0.717) is 6.42 Å². The number of carboxylic acids is 1. The Hall–Kier alpha value is -0.216. The molecule has 0 aliphatic carbocycles. The zero-order valence-corrected chi connectivity index (χ0v) is 6.65. The first-order valence-corrected chi connectivity index (χ1v) is 3.67. The van der Waals surface area contributed by atoms with Crippen molar-refractivity contribution in [2.75, 3.05) is 0 Å². The van der Waals surface area contributed by atoms with Gasteiger partial charge in [0.05, 0.1) is 0 Å². The number of rotatable bonds is 2. The van der Waals surface area contributed by atoms with E-state index in [0.717, 1.165) is 6.42 Å². The average molecular weight is 168 g/mol. The summed E-state index contributed by atoms with van der Waals surface area (Å²) in [5.41, 5.74) is 0. The summed E-state index contributed by atoms with van der Waals surface area (Å²) >= 11 is -2.00. The van der Waals surface area contributed by atoms with Crippen LogP contribution in [-0.4, -0.2) is 11.1 Å². The molecule has 0 saturated heterocycles. The van der Waals surface area contributed by atoms with Crippen molar-refractivity contribution in [2.24, 2.45) is 0 Å². The molecule has 5 heteroatoms. The van der Waals surface area contributed by atoms with Crippen LogP contribution in [0, 0.1) is 0 Å². The molecule has 52 valence electrons. The molecule has 0 atom stereocenters. The molecule has 0 unspecified atom stereocenters. The Bertz CT molecular complexity index is 105. The second-order valence-corrected chi connectivity index (χ2v) is 1.49. The van der Waals surface area contributed by atoms with E-state index >= 15 is 0 Å². The Balaban J connectivity index is 0. The molecule has 0 aromatic rings. The van der Waals surface area contributed by atoms with Crippen LogP contribution in [-0.2, 0) is 30.5 Å². The zero-order chi connectivity index (χ0) is 7.70. The molecule has 0 amide bonds. The zero-order valence-electron chi connectivity index (χ0n) is 5.09. The van der Waals surface area contributed by atoms with Crippen molar-refractivity contribution >= 4 is 5.97 Å². The molecule has 0 aromatic carbocycles. The second-order valence-electron chi connectivity index (χ2n) is 1.23. The van der Waals surface area contributed by atoms with Gasteiger partial charge in [-0.1, -0.05) is 6.92 Å². The normalized spacial score (nSPS) is 6.33. The molecular weight excluding hydrogens is 160 g/mol. The predicted octanol–water partition coefficient (Wildman–Crippen LogP) is 0.631. The van der Waals surface area contributed by atoms with Crippen molar-refractivity contribution in [1.82, 2.24) is 0 Å². The molecule has 0 aliphatic heterocycles. The topological polar surface area (TPSA) is 71.4 Å². The van der Waals surface area contributed by atoms with Crippen LogP contribution in [0.15, 0.2) is 0 Å². The number of hydrogen-bond donors (Lipinski definition) is 1. The number of carboxylic acid groups (broad SMARTS) is 1. The van der Waals surface area contributed by atoms with Gasteiger partial charge in [0.1, 0.15) is 0 Å². The number of hydrogen-bond acceptors (Lipinski definition) is 3. The van der Waals surface area contributed by atoms with Crippen molar-refractivity contribution < 1.29 is 35.6 Å². The first-order chi connectivity index (χ1) is 4.18. The van der Waals surface area contributed by atoms with Gasteiger partial charge in [-0.3, -0.25) is 4.79 Å². The van der Waals surface area contributed by atoms with Gasteiger partial charge in [-0.2, -0.15) is 0 Å². The van der Waals surface area contributed by atoms with Crippen molar-refractivity contribution in [3.63, 3.8) is 0 Å². The summed E-state index contributed by atoms with van der Waals surface area (Å²) < 4.78 is 17.0. The van der Waals surface area contributed by atoms with Crippen LogP contribution in [0.25, 0.3) is 0 Å². The van der Waals surface area contributed by atoms with Crippen LogP contribution < -0.4 is 0 Å². The minimum atomic E-state index is -2.00. The number of carbonyl (C=O) groups is 1. The van der Waals surface area contributed by atoms with Crippen molar-refractivity contribution in [1.29, 1.82) is 0 Å². The third kappa shape index (κ3) is 33.6. The van der Waals surface area contributed by atoms with Crippen LogP contribution in [0.5, 0.6) is 0 Å². The molecule has 0 aliphatic rings. The van der Waals surface area contributed by atoms with Gasteiger partial charge in [0.2, 0.25) is 0 Å². The van der Waals surface area contributed by atoms with Crippen LogP contribution in [0.1, 0.15) is 19.8 Å². The van der Waals surface area contributed by atoms with Gasteiger partial charge >= 0.3 is 31.7 Å². The average Bonchev–Trinajstić information content (AvgIpc) is 1.67. The predicted molar refractivity (Wildman–Crippen MR) is 23.9 cm³/mol. The van der Waals surface area contributed by atoms with Crippen molar-refractivity contribution in [2.45, 2.75) is 19.8 Å². The van der Waals surface area contributed by atoms with E-state index in [1.54, 1.807) is 0 Å². The maximum absolute atomic E-state index is 9.60. The second kappa shape index (κ2) is 10.7. The van der Waals surface area contributed by atoms with Crippen molar-refractivity contribution in [3.8, 4) is 0 Å². The van der Waals surface area contributed by atoms with Gasteiger partial charge in [-0.15, -0.1) is 0 Å². The molecule has 0 bridgehead atoms. The molecule has 9 heavy (non-hydrogen) atoms. The fraction of sp³-hybridized carbons (Fsp3) is 0.750. The van der Waals surface area contributed by atoms with Gasteiger partial charge in [-0.25, -0.2) is 0 Å².